The molecule has 0 fully saturated rings. The number of nitrogens with one attached hydrogen (secondary N) is 2. The lowest BCUT2D eigenvalue weighted by Gasteiger charge is -2.19. The van der Waals surface area contributed by atoms with Gasteiger partial charge in [-0.05, 0) is 32.6 Å². The Kier molecular flexibility index (Phi) is 5.89. The molecule has 4 nitrogen and oxygen atoms in total. The molecule has 1 aromatic rings. The molecule has 0 aromatic carbocycles. The van der Waals surface area contributed by atoms with E-state index in [1.165, 1.54) is 5.56 Å². The molecule has 4 heteroatoms. The average Bonchev–Trinajstić information content (AvgIpc) is 2.28. The molecule has 1 atom stereocenters. The van der Waals surface area contributed by atoms with Gasteiger partial charge in [-0.2, -0.15) is 0 Å². The second-order valence-electron chi connectivity index (χ2n) is 5.11. The maximum absolute atomic E-state index is 4.38. The Morgan fingerprint density at radius 2 is 1.78 bits per heavy atom. The Bertz CT molecular complexity index is 363. The van der Waals surface area contributed by atoms with Crippen molar-refractivity contribution in [2.45, 2.75) is 53.5 Å². The maximum atomic E-state index is 4.38. The predicted octanol–water partition coefficient (Wildman–Crippen LogP) is 3.32. The van der Waals surface area contributed by atoms with E-state index < -0.39 is 0 Å². The number of rotatable bonds is 7. The minimum Gasteiger partial charge on any atom is -0.370 e. The molecule has 0 saturated carbocycles. The van der Waals surface area contributed by atoms with E-state index in [9.17, 15) is 0 Å². The van der Waals surface area contributed by atoms with E-state index in [0.29, 0.717) is 12.0 Å². The second kappa shape index (κ2) is 7.19. The molecule has 18 heavy (non-hydrogen) atoms. The van der Waals surface area contributed by atoms with Crippen molar-refractivity contribution in [3.63, 3.8) is 0 Å². The van der Waals surface area contributed by atoms with Crippen LogP contribution in [0.1, 0.15) is 46.6 Å². The summed E-state index contributed by atoms with van der Waals surface area (Å²) in [7, 11) is 0. The number of nitrogens with zero attached hydrogens (tertiary/aromatic N) is 2. The molecular weight excluding hydrogens is 224 g/mol. The Hall–Kier alpha value is -1.32. The van der Waals surface area contributed by atoms with Crippen LogP contribution in [0.15, 0.2) is 6.33 Å². The predicted molar refractivity (Wildman–Crippen MR) is 78.1 cm³/mol. The van der Waals surface area contributed by atoms with Crippen molar-refractivity contribution in [3.05, 3.63) is 11.9 Å². The molecule has 0 aliphatic heterocycles. The zero-order valence-corrected chi connectivity index (χ0v) is 12.2. The van der Waals surface area contributed by atoms with Crippen molar-refractivity contribution in [2.24, 2.45) is 5.92 Å². The molecule has 2 N–H and O–H groups in total. The second-order valence-corrected chi connectivity index (χ2v) is 5.11. The summed E-state index contributed by atoms with van der Waals surface area (Å²) in [5.74, 6) is 2.61. The van der Waals surface area contributed by atoms with E-state index in [0.717, 1.165) is 31.0 Å². The molecule has 0 bridgehead atoms. The summed E-state index contributed by atoms with van der Waals surface area (Å²) in [5, 5.41) is 6.79. The topological polar surface area (TPSA) is 49.8 Å². The Labute approximate surface area is 111 Å². The van der Waals surface area contributed by atoms with Gasteiger partial charge in [-0.3, -0.25) is 0 Å². The van der Waals surface area contributed by atoms with Crippen molar-refractivity contribution in [1.29, 1.82) is 0 Å². The van der Waals surface area contributed by atoms with Gasteiger partial charge in [-0.25, -0.2) is 9.97 Å². The van der Waals surface area contributed by atoms with Gasteiger partial charge in [0.25, 0.3) is 0 Å². The van der Waals surface area contributed by atoms with Gasteiger partial charge in [0.15, 0.2) is 0 Å². The van der Waals surface area contributed by atoms with E-state index >= 15 is 0 Å². The van der Waals surface area contributed by atoms with Gasteiger partial charge in [0.2, 0.25) is 0 Å². The summed E-state index contributed by atoms with van der Waals surface area (Å²) in [5.41, 5.74) is 1.18. The minimum absolute atomic E-state index is 0.430. The Morgan fingerprint density at radius 3 is 2.33 bits per heavy atom. The first-order valence-electron chi connectivity index (χ1n) is 6.92. The summed E-state index contributed by atoms with van der Waals surface area (Å²) in [4.78, 5) is 8.68. The largest absolute Gasteiger partial charge is 0.370 e. The summed E-state index contributed by atoms with van der Waals surface area (Å²) in [6, 6.07) is 0.430. The smallest absolute Gasteiger partial charge is 0.134 e. The third kappa shape index (κ3) is 4.17. The lowest BCUT2D eigenvalue weighted by Crippen LogP contribution is -2.20. The maximum Gasteiger partial charge on any atom is 0.134 e. The van der Waals surface area contributed by atoms with Gasteiger partial charge in [0.05, 0.1) is 0 Å². The van der Waals surface area contributed by atoms with Crippen LogP contribution in [0.2, 0.25) is 0 Å². The van der Waals surface area contributed by atoms with Crippen molar-refractivity contribution in [2.75, 3.05) is 17.2 Å². The summed E-state index contributed by atoms with van der Waals surface area (Å²) < 4.78 is 0. The molecule has 0 amide bonds. The summed E-state index contributed by atoms with van der Waals surface area (Å²) in [6.45, 7) is 11.8. The van der Waals surface area contributed by atoms with E-state index in [1.54, 1.807) is 6.33 Å². The normalized spacial score (nSPS) is 12.6. The number of anilines is 2. The number of aromatic nitrogens is 2. The van der Waals surface area contributed by atoms with Crippen LogP contribution >= 0.6 is 0 Å². The highest BCUT2D eigenvalue weighted by molar-refractivity contribution is 5.57. The van der Waals surface area contributed by atoms with Gasteiger partial charge in [0, 0.05) is 18.2 Å². The molecule has 0 saturated heterocycles. The van der Waals surface area contributed by atoms with Gasteiger partial charge < -0.3 is 10.6 Å². The highest BCUT2D eigenvalue weighted by atomic mass is 15.1. The first kappa shape index (κ1) is 14.7. The van der Waals surface area contributed by atoms with Gasteiger partial charge in [-0.15, -0.1) is 0 Å². The van der Waals surface area contributed by atoms with Crippen LogP contribution in [-0.2, 0) is 6.42 Å². The molecule has 1 heterocycles. The van der Waals surface area contributed by atoms with Gasteiger partial charge in [-0.1, -0.05) is 20.8 Å². The van der Waals surface area contributed by atoms with Crippen LogP contribution in [0, 0.1) is 5.92 Å². The molecule has 102 valence electrons. The number of hydrogen-bond donors (Lipinski definition) is 2. The average molecular weight is 250 g/mol. The quantitative estimate of drug-likeness (QED) is 0.779. The first-order chi connectivity index (χ1) is 8.58. The fourth-order valence-corrected chi connectivity index (χ4v) is 2.19. The van der Waals surface area contributed by atoms with E-state index in [4.69, 9.17) is 0 Å². The van der Waals surface area contributed by atoms with E-state index in [-0.39, 0.29) is 0 Å². The summed E-state index contributed by atoms with van der Waals surface area (Å²) >= 11 is 0. The Balaban J connectivity index is 2.84. The molecular formula is C14H26N4. The van der Waals surface area contributed by atoms with Crippen molar-refractivity contribution < 1.29 is 0 Å². The van der Waals surface area contributed by atoms with Crippen LogP contribution in [0.25, 0.3) is 0 Å². The first-order valence-corrected chi connectivity index (χ1v) is 6.92. The van der Waals surface area contributed by atoms with Crippen LogP contribution in [0.5, 0.6) is 0 Å². The summed E-state index contributed by atoms with van der Waals surface area (Å²) in [6.07, 6.45) is 3.70. The fourth-order valence-electron chi connectivity index (χ4n) is 2.19. The minimum atomic E-state index is 0.430. The van der Waals surface area contributed by atoms with Crippen molar-refractivity contribution in [3.8, 4) is 0 Å². The highest BCUT2D eigenvalue weighted by Crippen LogP contribution is 2.21. The molecule has 0 aliphatic rings. The molecule has 0 aliphatic carbocycles. The standard InChI is InChI=1S/C14H26N4/c1-6-12-13(15-7-2)16-9-17-14(12)18-11(5)8-10(3)4/h9-11H,6-8H2,1-5H3,(H2,15,16,17,18). The lowest BCUT2D eigenvalue weighted by molar-refractivity contribution is 0.538. The third-order valence-electron chi connectivity index (χ3n) is 2.85. The van der Waals surface area contributed by atoms with Crippen molar-refractivity contribution >= 4 is 11.6 Å². The highest BCUT2D eigenvalue weighted by Gasteiger charge is 2.12. The monoisotopic (exact) mass is 250 g/mol. The van der Waals surface area contributed by atoms with Crippen LogP contribution in [-0.4, -0.2) is 22.6 Å². The van der Waals surface area contributed by atoms with E-state index in [2.05, 4.69) is 55.2 Å². The lowest BCUT2D eigenvalue weighted by atomic mass is 10.0. The zero-order chi connectivity index (χ0) is 13.5. The SMILES string of the molecule is CCNc1ncnc(NC(C)CC(C)C)c1CC. The third-order valence-corrected chi connectivity index (χ3v) is 2.85. The van der Waals surface area contributed by atoms with Gasteiger partial charge >= 0.3 is 0 Å². The molecule has 0 radical (unpaired) electrons. The van der Waals surface area contributed by atoms with Crippen molar-refractivity contribution in [1.82, 2.24) is 9.97 Å². The fraction of sp³-hybridized carbons (Fsp3) is 0.714. The zero-order valence-electron chi connectivity index (χ0n) is 12.2. The van der Waals surface area contributed by atoms with E-state index in [1.807, 2.05) is 0 Å². The molecule has 1 rings (SSSR count). The van der Waals surface area contributed by atoms with Crippen LogP contribution in [0.3, 0.4) is 0 Å². The number of hydrogen-bond acceptors (Lipinski definition) is 4. The molecule has 1 aromatic heterocycles. The molecule has 0 spiro atoms. The molecule has 1 unspecified atom stereocenters. The van der Waals surface area contributed by atoms with Crippen LogP contribution < -0.4 is 10.6 Å². The Morgan fingerprint density at radius 1 is 1.11 bits per heavy atom. The van der Waals surface area contributed by atoms with Gasteiger partial charge in [0.1, 0.15) is 18.0 Å². The van der Waals surface area contributed by atoms with Crippen LogP contribution in [0.4, 0.5) is 11.6 Å².